The summed E-state index contributed by atoms with van der Waals surface area (Å²) in [6.45, 7) is 9.60. The van der Waals surface area contributed by atoms with Crippen LogP contribution >= 0.6 is 0 Å². The first-order valence-corrected chi connectivity index (χ1v) is 9.18. The van der Waals surface area contributed by atoms with Gasteiger partial charge in [-0.2, -0.15) is 9.97 Å². The normalized spacial score (nSPS) is 27.2. The summed E-state index contributed by atoms with van der Waals surface area (Å²) in [7, 11) is 0. The summed E-state index contributed by atoms with van der Waals surface area (Å²) in [5.74, 6) is 2.50. The molecule has 0 spiro atoms. The van der Waals surface area contributed by atoms with Gasteiger partial charge in [0.2, 0.25) is 5.88 Å². The Labute approximate surface area is 147 Å². The number of rotatable bonds is 4. The van der Waals surface area contributed by atoms with E-state index < -0.39 is 0 Å². The van der Waals surface area contributed by atoms with Crippen LogP contribution in [-0.4, -0.2) is 28.3 Å². The van der Waals surface area contributed by atoms with Crippen molar-refractivity contribution in [3.63, 3.8) is 0 Å². The molecule has 0 radical (unpaired) electrons. The Kier molecular flexibility index (Phi) is 3.93. The summed E-state index contributed by atoms with van der Waals surface area (Å²) in [5, 5.41) is 4.04. The third kappa shape index (κ3) is 2.41. The fourth-order valence-corrected chi connectivity index (χ4v) is 4.76. The van der Waals surface area contributed by atoms with Crippen LogP contribution in [0.5, 0.6) is 11.9 Å². The van der Waals surface area contributed by atoms with Gasteiger partial charge in [-0.05, 0) is 39.0 Å². The predicted octanol–water partition coefficient (Wildman–Crippen LogP) is 3.44. The van der Waals surface area contributed by atoms with Gasteiger partial charge in [0.1, 0.15) is 5.76 Å². The number of fused-ring (bicyclic) bond motifs is 4. The molecule has 2 aromatic rings. The van der Waals surface area contributed by atoms with Gasteiger partial charge in [0.15, 0.2) is 0 Å². The van der Waals surface area contributed by atoms with Crippen LogP contribution in [0.25, 0.3) is 0 Å². The van der Waals surface area contributed by atoms with Crippen LogP contribution in [0, 0.1) is 5.92 Å². The highest BCUT2D eigenvalue weighted by Crippen LogP contribution is 2.54. The fraction of sp³-hybridized carbons (Fsp3) is 0.632. The van der Waals surface area contributed by atoms with E-state index in [9.17, 15) is 0 Å². The second-order valence-electron chi connectivity index (χ2n) is 7.25. The van der Waals surface area contributed by atoms with Crippen molar-refractivity contribution in [2.24, 2.45) is 5.92 Å². The summed E-state index contributed by atoms with van der Waals surface area (Å²) < 4.78 is 17.0. The van der Waals surface area contributed by atoms with E-state index in [1.54, 1.807) is 0 Å². The maximum atomic E-state index is 5.84. The maximum Gasteiger partial charge on any atom is 0.319 e. The Morgan fingerprint density at radius 3 is 2.80 bits per heavy atom. The Bertz CT molecular complexity index is 788. The van der Waals surface area contributed by atoms with Crippen LogP contribution < -0.4 is 9.47 Å². The zero-order chi connectivity index (χ0) is 17.6. The van der Waals surface area contributed by atoms with Gasteiger partial charge in [-0.25, -0.2) is 0 Å². The van der Waals surface area contributed by atoms with Crippen molar-refractivity contribution in [1.29, 1.82) is 0 Å². The molecule has 0 unspecified atom stereocenters. The molecule has 0 amide bonds. The van der Waals surface area contributed by atoms with Gasteiger partial charge < -0.3 is 14.0 Å². The molecule has 0 fully saturated rings. The monoisotopic (exact) mass is 343 g/mol. The number of nitrogens with zero attached hydrogens (tertiary/aromatic N) is 3. The first-order valence-electron chi connectivity index (χ1n) is 9.18. The molecule has 0 aliphatic heterocycles. The van der Waals surface area contributed by atoms with Crippen molar-refractivity contribution < 1.29 is 14.0 Å². The molecule has 2 aromatic heterocycles. The fourth-order valence-electron chi connectivity index (χ4n) is 4.76. The highest BCUT2D eigenvalue weighted by atomic mass is 16.5. The minimum Gasteiger partial charge on any atom is -0.478 e. The van der Waals surface area contributed by atoms with Crippen LogP contribution in [0.3, 0.4) is 0 Å². The molecule has 0 bridgehead atoms. The minimum atomic E-state index is -0.0911. The van der Waals surface area contributed by atoms with Crippen molar-refractivity contribution in [2.45, 2.75) is 58.3 Å². The van der Waals surface area contributed by atoms with Gasteiger partial charge in [0, 0.05) is 22.5 Å². The van der Waals surface area contributed by atoms with Gasteiger partial charge in [0.05, 0.1) is 25.1 Å². The highest BCUT2D eigenvalue weighted by Gasteiger charge is 2.50. The Morgan fingerprint density at radius 1 is 1.24 bits per heavy atom. The van der Waals surface area contributed by atoms with Crippen LogP contribution in [0.4, 0.5) is 0 Å². The van der Waals surface area contributed by atoms with Crippen LogP contribution in [0.15, 0.2) is 10.7 Å². The van der Waals surface area contributed by atoms with Gasteiger partial charge in [-0.1, -0.05) is 19.0 Å². The molecule has 3 atom stereocenters. The van der Waals surface area contributed by atoms with Crippen molar-refractivity contribution in [1.82, 2.24) is 15.1 Å². The first-order chi connectivity index (χ1) is 12.1. The Morgan fingerprint density at radius 2 is 2.04 bits per heavy atom. The van der Waals surface area contributed by atoms with Gasteiger partial charge >= 0.3 is 6.01 Å². The molecule has 0 saturated heterocycles. The smallest absolute Gasteiger partial charge is 0.319 e. The summed E-state index contributed by atoms with van der Waals surface area (Å²) in [6.07, 6.45) is 4.73. The number of hydrogen-bond donors (Lipinski definition) is 0. The van der Waals surface area contributed by atoms with E-state index >= 15 is 0 Å². The van der Waals surface area contributed by atoms with Gasteiger partial charge in [-0.3, -0.25) is 0 Å². The van der Waals surface area contributed by atoms with Crippen molar-refractivity contribution in [3.8, 4) is 11.9 Å². The highest BCUT2D eigenvalue weighted by molar-refractivity contribution is 5.44. The Hall–Kier alpha value is -2.11. The molecule has 6 heteroatoms. The molecule has 2 aliphatic rings. The van der Waals surface area contributed by atoms with Crippen LogP contribution in [0.2, 0.25) is 0 Å². The van der Waals surface area contributed by atoms with E-state index in [0.717, 1.165) is 36.3 Å². The lowest BCUT2D eigenvalue weighted by Crippen LogP contribution is -2.45. The zero-order valence-electron chi connectivity index (χ0n) is 15.3. The molecule has 2 heterocycles. The zero-order valence-corrected chi connectivity index (χ0v) is 15.3. The quantitative estimate of drug-likeness (QED) is 0.847. The van der Waals surface area contributed by atoms with E-state index in [4.69, 9.17) is 19.0 Å². The number of aromatic nitrogens is 3. The van der Waals surface area contributed by atoms with E-state index in [0.29, 0.717) is 36.9 Å². The van der Waals surface area contributed by atoms with Gasteiger partial charge in [-0.15, -0.1) is 0 Å². The molecule has 4 rings (SSSR count). The molecule has 6 nitrogen and oxygen atoms in total. The summed E-state index contributed by atoms with van der Waals surface area (Å²) in [4.78, 5) is 9.33. The first kappa shape index (κ1) is 16.4. The minimum absolute atomic E-state index is 0.0911. The third-order valence-corrected chi connectivity index (χ3v) is 5.82. The topological polar surface area (TPSA) is 70.3 Å². The van der Waals surface area contributed by atoms with Crippen molar-refractivity contribution in [2.75, 3.05) is 13.2 Å². The average molecular weight is 343 g/mol. The molecule has 0 N–H and O–H groups in total. The second-order valence-corrected chi connectivity index (χ2v) is 7.25. The SMILES string of the molecule is CCOc1nc(OCC)c2c(n1)[C@@]1(C)Cc3cnoc3[C@@H](C)[C@@H]1CC2. The second kappa shape index (κ2) is 6.00. The van der Waals surface area contributed by atoms with E-state index in [2.05, 4.69) is 24.0 Å². The van der Waals surface area contributed by atoms with Crippen LogP contribution in [0.1, 0.15) is 62.6 Å². The van der Waals surface area contributed by atoms with E-state index in [1.807, 2.05) is 20.0 Å². The number of hydrogen-bond acceptors (Lipinski definition) is 6. The molecule has 134 valence electrons. The molecule has 2 aliphatic carbocycles. The molecular formula is C19H25N3O3. The molecular weight excluding hydrogens is 318 g/mol. The maximum absolute atomic E-state index is 5.84. The van der Waals surface area contributed by atoms with E-state index in [-0.39, 0.29) is 5.41 Å². The Balaban J connectivity index is 1.87. The number of ether oxygens (including phenoxy) is 2. The molecule has 0 aromatic carbocycles. The summed E-state index contributed by atoms with van der Waals surface area (Å²) in [6, 6.07) is 0.412. The average Bonchev–Trinajstić information content (AvgIpc) is 3.04. The lowest BCUT2D eigenvalue weighted by atomic mass is 9.56. The van der Waals surface area contributed by atoms with Crippen molar-refractivity contribution in [3.05, 3.63) is 28.8 Å². The summed E-state index contributed by atoms with van der Waals surface area (Å²) in [5.41, 5.74) is 3.31. The van der Waals surface area contributed by atoms with Gasteiger partial charge in [0.25, 0.3) is 0 Å². The van der Waals surface area contributed by atoms with Crippen molar-refractivity contribution >= 4 is 0 Å². The predicted molar refractivity (Wildman–Crippen MR) is 92.2 cm³/mol. The third-order valence-electron chi connectivity index (χ3n) is 5.82. The van der Waals surface area contributed by atoms with E-state index in [1.165, 1.54) is 5.56 Å². The summed E-state index contributed by atoms with van der Waals surface area (Å²) >= 11 is 0. The lowest BCUT2D eigenvalue weighted by Gasteiger charge is -2.47. The lowest BCUT2D eigenvalue weighted by molar-refractivity contribution is 0.165. The van der Waals surface area contributed by atoms with Crippen LogP contribution in [-0.2, 0) is 18.3 Å². The standard InChI is InChI=1S/C19H25N3O3/c1-5-23-17-13-7-8-14-11(3)15-12(10-20-25-15)9-19(14,4)16(13)21-18(22-17)24-6-2/h10-11,14H,5-9H2,1-4H3/t11-,14-,19-/m0/s1. The largest absolute Gasteiger partial charge is 0.478 e. The molecule has 0 saturated carbocycles. The molecule has 25 heavy (non-hydrogen) atoms.